The number of hydrogen-bond donors (Lipinski definition) is 0. The molecule has 180 valence electrons. The molecule has 6 nitrogen and oxygen atoms in total. The molecule has 0 saturated heterocycles. The van der Waals surface area contributed by atoms with E-state index in [9.17, 15) is 9.59 Å². The predicted molar refractivity (Wildman–Crippen MR) is 136 cm³/mol. The molecule has 34 heavy (non-hydrogen) atoms. The summed E-state index contributed by atoms with van der Waals surface area (Å²) in [6.07, 6.45) is 1.60. The SMILES string of the molecule is CC[C@H](C)N(CC(=O)N1CCc2sccc2[C@@H]1COc1cccc(OC)c1)C(=O)c1cccs1. The molecule has 0 bridgehead atoms. The van der Waals surface area contributed by atoms with Gasteiger partial charge in [-0.2, -0.15) is 0 Å². The van der Waals surface area contributed by atoms with E-state index in [-0.39, 0.29) is 30.4 Å². The number of amides is 2. The van der Waals surface area contributed by atoms with E-state index >= 15 is 0 Å². The summed E-state index contributed by atoms with van der Waals surface area (Å²) in [5, 5.41) is 3.96. The Morgan fingerprint density at radius 3 is 2.71 bits per heavy atom. The molecule has 0 unspecified atom stereocenters. The molecule has 0 fully saturated rings. The van der Waals surface area contributed by atoms with Gasteiger partial charge in [0.25, 0.3) is 5.91 Å². The summed E-state index contributed by atoms with van der Waals surface area (Å²) >= 11 is 3.13. The van der Waals surface area contributed by atoms with E-state index in [2.05, 4.69) is 11.4 Å². The molecule has 2 aromatic heterocycles. The lowest BCUT2D eigenvalue weighted by atomic mass is 10.00. The predicted octanol–water partition coefficient (Wildman–Crippen LogP) is 5.26. The van der Waals surface area contributed by atoms with Gasteiger partial charge in [-0.15, -0.1) is 22.7 Å². The molecular weight excluding hydrogens is 468 g/mol. The standard InChI is InChI=1S/C26H30N2O4S2/c1-4-18(2)28(26(30)24-9-6-13-33-24)16-25(29)27-12-10-23-21(11-14-34-23)22(27)17-32-20-8-5-7-19(15-20)31-3/h5-9,11,13-15,18,22H,4,10,12,16-17H2,1-3H3/t18-,22-/m0/s1. The molecule has 3 heterocycles. The fraction of sp³-hybridized carbons (Fsp3) is 0.385. The smallest absolute Gasteiger partial charge is 0.264 e. The van der Waals surface area contributed by atoms with Gasteiger partial charge in [0, 0.05) is 23.5 Å². The molecule has 4 rings (SSSR count). The highest BCUT2D eigenvalue weighted by Gasteiger charge is 2.34. The molecule has 1 aliphatic heterocycles. The van der Waals surface area contributed by atoms with Crippen molar-refractivity contribution >= 4 is 34.5 Å². The van der Waals surface area contributed by atoms with Gasteiger partial charge in [0.05, 0.1) is 18.0 Å². The minimum absolute atomic E-state index is 0.0356. The Hall–Kier alpha value is -2.84. The average molecular weight is 499 g/mol. The Bertz CT molecular complexity index is 1110. The molecule has 0 radical (unpaired) electrons. The zero-order chi connectivity index (χ0) is 24.1. The first-order valence-corrected chi connectivity index (χ1v) is 13.2. The number of nitrogens with zero attached hydrogens (tertiary/aromatic N) is 2. The molecule has 0 saturated carbocycles. The van der Waals surface area contributed by atoms with Crippen LogP contribution in [0.4, 0.5) is 0 Å². The number of thiophene rings is 2. The van der Waals surface area contributed by atoms with Gasteiger partial charge in [0.15, 0.2) is 0 Å². The molecule has 0 spiro atoms. The van der Waals surface area contributed by atoms with Crippen molar-refractivity contribution < 1.29 is 19.1 Å². The van der Waals surface area contributed by atoms with Crippen LogP contribution in [-0.2, 0) is 11.2 Å². The summed E-state index contributed by atoms with van der Waals surface area (Å²) in [5.41, 5.74) is 1.13. The third kappa shape index (κ3) is 5.28. The van der Waals surface area contributed by atoms with Crippen molar-refractivity contribution in [3.8, 4) is 11.5 Å². The van der Waals surface area contributed by atoms with Crippen LogP contribution < -0.4 is 9.47 Å². The fourth-order valence-electron chi connectivity index (χ4n) is 4.17. The van der Waals surface area contributed by atoms with E-state index in [4.69, 9.17) is 9.47 Å². The number of rotatable bonds is 9. The minimum atomic E-state index is -0.204. The van der Waals surface area contributed by atoms with Crippen molar-refractivity contribution in [3.05, 3.63) is 68.5 Å². The van der Waals surface area contributed by atoms with Gasteiger partial charge in [-0.05, 0) is 60.4 Å². The number of methoxy groups -OCH3 is 1. The number of carbonyl (C=O) groups excluding carboxylic acids is 2. The van der Waals surface area contributed by atoms with Gasteiger partial charge in [-0.1, -0.05) is 19.1 Å². The van der Waals surface area contributed by atoms with Crippen molar-refractivity contribution in [2.45, 2.75) is 38.8 Å². The lowest BCUT2D eigenvalue weighted by Gasteiger charge is -2.38. The first-order valence-electron chi connectivity index (χ1n) is 11.5. The Morgan fingerprint density at radius 1 is 1.15 bits per heavy atom. The Labute approximate surface area is 208 Å². The lowest BCUT2D eigenvalue weighted by molar-refractivity contribution is -0.136. The van der Waals surface area contributed by atoms with Crippen LogP contribution in [0.1, 0.15) is 46.4 Å². The summed E-state index contributed by atoms with van der Waals surface area (Å²) < 4.78 is 11.4. The van der Waals surface area contributed by atoms with Crippen molar-refractivity contribution in [2.75, 3.05) is 26.8 Å². The molecular formula is C26H30N2O4S2. The van der Waals surface area contributed by atoms with Gasteiger partial charge >= 0.3 is 0 Å². The normalized spacial score (nSPS) is 16.0. The average Bonchev–Trinajstić information content (AvgIpc) is 3.57. The monoisotopic (exact) mass is 498 g/mol. The van der Waals surface area contributed by atoms with Gasteiger partial charge in [0.1, 0.15) is 24.7 Å². The zero-order valence-electron chi connectivity index (χ0n) is 19.7. The van der Waals surface area contributed by atoms with Gasteiger partial charge in [-0.25, -0.2) is 0 Å². The van der Waals surface area contributed by atoms with Gasteiger partial charge in [-0.3, -0.25) is 9.59 Å². The highest BCUT2D eigenvalue weighted by molar-refractivity contribution is 7.12. The van der Waals surface area contributed by atoms with E-state index in [1.165, 1.54) is 16.2 Å². The second kappa shape index (κ2) is 11.1. The highest BCUT2D eigenvalue weighted by Crippen LogP contribution is 2.34. The van der Waals surface area contributed by atoms with Crippen molar-refractivity contribution in [1.29, 1.82) is 0 Å². The largest absolute Gasteiger partial charge is 0.497 e. The Balaban J connectivity index is 1.53. The third-order valence-electron chi connectivity index (χ3n) is 6.29. The number of fused-ring (bicyclic) bond motifs is 1. The van der Waals surface area contributed by atoms with E-state index in [1.54, 1.807) is 23.3 Å². The molecule has 1 aliphatic rings. The lowest BCUT2D eigenvalue weighted by Crippen LogP contribution is -2.49. The summed E-state index contributed by atoms with van der Waals surface area (Å²) in [4.78, 5) is 32.3. The first-order chi connectivity index (χ1) is 16.5. The molecule has 1 aromatic carbocycles. The van der Waals surface area contributed by atoms with Crippen LogP contribution in [0.25, 0.3) is 0 Å². The number of carbonyl (C=O) groups is 2. The van der Waals surface area contributed by atoms with Crippen molar-refractivity contribution in [1.82, 2.24) is 9.80 Å². The van der Waals surface area contributed by atoms with E-state index in [0.29, 0.717) is 23.8 Å². The highest BCUT2D eigenvalue weighted by atomic mass is 32.1. The van der Waals surface area contributed by atoms with Crippen LogP contribution in [-0.4, -0.2) is 54.5 Å². The minimum Gasteiger partial charge on any atom is -0.497 e. The van der Waals surface area contributed by atoms with Crippen LogP contribution in [0.15, 0.2) is 53.2 Å². The molecule has 8 heteroatoms. The molecule has 3 aromatic rings. The van der Waals surface area contributed by atoms with Crippen LogP contribution in [0.2, 0.25) is 0 Å². The molecule has 0 aliphatic carbocycles. The van der Waals surface area contributed by atoms with Gasteiger partial charge < -0.3 is 19.3 Å². The van der Waals surface area contributed by atoms with E-state index in [1.807, 2.05) is 60.5 Å². The van der Waals surface area contributed by atoms with E-state index in [0.717, 1.165) is 24.2 Å². The molecule has 2 atom stereocenters. The first kappa shape index (κ1) is 24.3. The Kier molecular flexibility index (Phi) is 7.90. The summed E-state index contributed by atoms with van der Waals surface area (Å²) in [7, 11) is 1.62. The number of benzene rings is 1. The van der Waals surface area contributed by atoms with Crippen LogP contribution in [0.5, 0.6) is 11.5 Å². The Morgan fingerprint density at radius 2 is 1.97 bits per heavy atom. The van der Waals surface area contributed by atoms with Crippen molar-refractivity contribution in [2.24, 2.45) is 0 Å². The fourth-order valence-corrected chi connectivity index (χ4v) is 5.77. The maximum absolute atomic E-state index is 13.6. The van der Waals surface area contributed by atoms with Gasteiger partial charge in [0.2, 0.25) is 5.91 Å². The summed E-state index contributed by atoms with van der Waals surface area (Å²) in [5.74, 6) is 1.28. The summed E-state index contributed by atoms with van der Waals surface area (Å²) in [6.45, 7) is 5.04. The quantitative estimate of drug-likeness (QED) is 0.404. The second-order valence-electron chi connectivity index (χ2n) is 8.31. The van der Waals surface area contributed by atoms with Crippen LogP contribution in [0.3, 0.4) is 0 Å². The number of ether oxygens (including phenoxy) is 2. The number of hydrogen-bond acceptors (Lipinski definition) is 6. The topological polar surface area (TPSA) is 59.1 Å². The van der Waals surface area contributed by atoms with Crippen LogP contribution in [0, 0.1) is 0 Å². The van der Waals surface area contributed by atoms with E-state index < -0.39 is 0 Å². The maximum atomic E-state index is 13.6. The second-order valence-corrected chi connectivity index (χ2v) is 10.3. The molecule has 2 amide bonds. The summed E-state index contributed by atoms with van der Waals surface area (Å²) in [6, 6.07) is 13.0. The van der Waals surface area contributed by atoms with Crippen LogP contribution >= 0.6 is 22.7 Å². The maximum Gasteiger partial charge on any atom is 0.264 e. The van der Waals surface area contributed by atoms with Crippen molar-refractivity contribution in [3.63, 3.8) is 0 Å². The molecule has 0 N–H and O–H groups in total. The third-order valence-corrected chi connectivity index (χ3v) is 8.14. The zero-order valence-corrected chi connectivity index (χ0v) is 21.4.